The smallest absolute Gasteiger partial charge is 0.328 e. The van der Waals surface area contributed by atoms with Crippen LogP contribution < -0.4 is 31.4 Å². The lowest BCUT2D eigenvalue weighted by atomic mass is 9.99. The van der Waals surface area contributed by atoms with Crippen molar-refractivity contribution in [2.45, 2.75) is 17.7 Å². The number of aromatic hydroxyl groups is 1. The minimum atomic E-state index is -1.27. The number of para-hydroxylation sites is 1. The van der Waals surface area contributed by atoms with Crippen molar-refractivity contribution in [1.82, 2.24) is 15.3 Å². The Hall–Kier alpha value is -4.59. The molecular formula is C24H22FN5O7S. The number of halogens is 1. The molecule has 0 aliphatic carbocycles. The lowest BCUT2D eigenvalue weighted by Crippen LogP contribution is -2.29. The predicted molar refractivity (Wildman–Crippen MR) is 137 cm³/mol. The average molecular weight is 544 g/mol. The Morgan fingerprint density at radius 1 is 1.16 bits per heavy atom. The highest BCUT2D eigenvalue weighted by Gasteiger charge is 2.34. The molecule has 3 aromatic rings. The van der Waals surface area contributed by atoms with Crippen molar-refractivity contribution in [1.29, 1.82) is 0 Å². The van der Waals surface area contributed by atoms with E-state index in [0.717, 1.165) is 11.8 Å². The number of aromatic amines is 2. The number of benzene rings is 2. The number of amides is 2. The van der Waals surface area contributed by atoms with Crippen LogP contribution in [0.25, 0.3) is 0 Å². The number of amidine groups is 1. The normalized spacial score (nSPS) is 16.7. The molecule has 198 valence electrons. The molecular weight excluding hydrogens is 521 g/mol. The molecule has 2 heterocycles. The summed E-state index contributed by atoms with van der Waals surface area (Å²) in [5, 5.41) is 14.6. The third kappa shape index (κ3) is 5.70. The summed E-state index contributed by atoms with van der Waals surface area (Å²) >= 11 is 0.915. The highest BCUT2D eigenvalue weighted by molar-refractivity contribution is 8.15. The Bertz CT molecular complexity index is 1540. The molecule has 2 amide bonds. The summed E-state index contributed by atoms with van der Waals surface area (Å²) in [5.41, 5.74) is -1.90. The van der Waals surface area contributed by atoms with Crippen LogP contribution in [0.1, 0.15) is 23.6 Å². The Balaban J connectivity index is 1.68. The van der Waals surface area contributed by atoms with Gasteiger partial charge in [0.25, 0.3) is 5.56 Å². The molecule has 2 aromatic carbocycles. The first-order chi connectivity index (χ1) is 18.2. The van der Waals surface area contributed by atoms with E-state index in [1.165, 1.54) is 38.5 Å². The third-order valence-electron chi connectivity index (χ3n) is 5.51. The second-order valence-electron chi connectivity index (χ2n) is 7.94. The number of rotatable bonds is 8. The van der Waals surface area contributed by atoms with Crippen LogP contribution in [-0.2, 0) is 9.59 Å². The van der Waals surface area contributed by atoms with Gasteiger partial charge in [0.2, 0.25) is 17.7 Å². The van der Waals surface area contributed by atoms with E-state index in [9.17, 15) is 28.7 Å². The molecule has 2 unspecified atom stereocenters. The van der Waals surface area contributed by atoms with Gasteiger partial charge in [0.1, 0.15) is 34.2 Å². The van der Waals surface area contributed by atoms with Gasteiger partial charge in [-0.3, -0.25) is 24.4 Å². The lowest BCUT2D eigenvalue weighted by Gasteiger charge is -2.18. The van der Waals surface area contributed by atoms with Crippen LogP contribution in [0.4, 0.5) is 10.1 Å². The summed E-state index contributed by atoms with van der Waals surface area (Å²) in [4.78, 5) is 58.1. The molecule has 0 bridgehead atoms. The highest BCUT2D eigenvalue weighted by Crippen LogP contribution is 2.38. The molecule has 1 aromatic heterocycles. The number of nitrogens with zero attached hydrogens (tertiary/aromatic N) is 1. The van der Waals surface area contributed by atoms with Crippen LogP contribution in [-0.4, -0.2) is 51.5 Å². The van der Waals surface area contributed by atoms with E-state index < -0.39 is 46.1 Å². The van der Waals surface area contributed by atoms with Crippen molar-refractivity contribution in [2.24, 2.45) is 4.99 Å². The topological polar surface area (TPSA) is 175 Å². The van der Waals surface area contributed by atoms with Gasteiger partial charge in [-0.05, 0) is 30.3 Å². The number of H-pyrrole nitrogens is 2. The van der Waals surface area contributed by atoms with Gasteiger partial charge in [-0.25, -0.2) is 14.2 Å². The van der Waals surface area contributed by atoms with Crippen molar-refractivity contribution in [2.75, 3.05) is 19.5 Å². The summed E-state index contributed by atoms with van der Waals surface area (Å²) < 4.78 is 24.5. The van der Waals surface area contributed by atoms with Crippen LogP contribution >= 0.6 is 11.8 Å². The molecule has 12 nitrogen and oxygen atoms in total. The number of nitrogens with one attached hydrogen (secondary N) is 4. The molecule has 0 radical (unpaired) electrons. The fourth-order valence-electron chi connectivity index (χ4n) is 3.73. The summed E-state index contributed by atoms with van der Waals surface area (Å²) in [6, 6.07) is 9.05. The SMILES string of the molecule is COc1ccc(OC)c(C(N=C2NC(=O)C(CC(=O)Nc3ccccc3F)S2)c2c(O)[nH]c(=O)[nH]c2=O)c1. The van der Waals surface area contributed by atoms with Gasteiger partial charge in [-0.2, -0.15) is 0 Å². The minimum absolute atomic E-state index is 0.0206. The number of aliphatic imine (C=N–C) groups is 1. The van der Waals surface area contributed by atoms with Crippen molar-refractivity contribution >= 4 is 34.4 Å². The standard InChI is InChI=1S/C24H22FN5O7S/c1-36-11-7-8-15(37-2)12(9-11)19(18-21(33)28-23(35)29-22(18)34)27-24-30-20(32)16(38-24)10-17(31)26-14-6-4-3-5-13(14)25/h3-9,16,19H,10H2,1-2H3,(H,26,31)(H,27,30,32)(H3,28,29,33,34,35). The molecule has 1 aliphatic rings. The van der Waals surface area contributed by atoms with Crippen LogP contribution in [0.2, 0.25) is 0 Å². The summed E-state index contributed by atoms with van der Waals surface area (Å²) in [6.07, 6.45) is -0.290. The fourth-order valence-corrected chi connectivity index (χ4v) is 4.73. The molecule has 0 saturated carbocycles. The Kier molecular flexibility index (Phi) is 7.81. The van der Waals surface area contributed by atoms with Gasteiger partial charge in [-0.1, -0.05) is 23.9 Å². The van der Waals surface area contributed by atoms with Crippen molar-refractivity contribution in [3.8, 4) is 17.4 Å². The van der Waals surface area contributed by atoms with Crippen LogP contribution in [0, 0.1) is 5.82 Å². The zero-order valence-corrected chi connectivity index (χ0v) is 20.8. The van der Waals surface area contributed by atoms with E-state index in [-0.39, 0.29) is 34.2 Å². The first-order valence-electron chi connectivity index (χ1n) is 11.1. The number of aromatic nitrogens is 2. The van der Waals surface area contributed by atoms with E-state index in [2.05, 4.69) is 20.6 Å². The van der Waals surface area contributed by atoms with Crippen LogP contribution in [0.5, 0.6) is 17.4 Å². The number of hydrogen-bond donors (Lipinski definition) is 5. The minimum Gasteiger partial charge on any atom is -0.497 e. The molecule has 1 saturated heterocycles. The number of hydrogen-bond acceptors (Lipinski definition) is 9. The Morgan fingerprint density at radius 3 is 2.61 bits per heavy atom. The summed E-state index contributed by atoms with van der Waals surface area (Å²) in [7, 11) is 2.82. The van der Waals surface area contributed by atoms with E-state index in [1.807, 2.05) is 4.98 Å². The van der Waals surface area contributed by atoms with E-state index in [4.69, 9.17) is 9.47 Å². The lowest BCUT2D eigenvalue weighted by molar-refractivity contribution is -0.122. The number of methoxy groups -OCH3 is 2. The second-order valence-corrected chi connectivity index (χ2v) is 9.13. The van der Waals surface area contributed by atoms with E-state index >= 15 is 0 Å². The highest BCUT2D eigenvalue weighted by atomic mass is 32.2. The molecule has 14 heteroatoms. The third-order valence-corrected chi connectivity index (χ3v) is 6.60. The van der Waals surface area contributed by atoms with E-state index in [0.29, 0.717) is 5.75 Å². The zero-order valence-electron chi connectivity index (χ0n) is 20.0. The van der Waals surface area contributed by atoms with Gasteiger partial charge >= 0.3 is 5.69 Å². The van der Waals surface area contributed by atoms with E-state index in [1.54, 1.807) is 18.2 Å². The molecule has 2 atom stereocenters. The number of carbonyl (C=O) groups excluding carboxylic acids is 2. The fraction of sp³-hybridized carbons (Fsp3) is 0.208. The summed E-state index contributed by atoms with van der Waals surface area (Å²) in [5.74, 6) is -1.81. The first kappa shape index (κ1) is 26.5. The zero-order chi connectivity index (χ0) is 27.4. The molecule has 5 N–H and O–H groups in total. The van der Waals surface area contributed by atoms with Gasteiger partial charge in [0, 0.05) is 12.0 Å². The van der Waals surface area contributed by atoms with Gasteiger partial charge < -0.3 is 25.2 Å². The second kappa shape index (κ2) is 11.2. The number of thioether (sulfide) groups is 1. The van der Waals surface area contributed by atoms with Gasteiger partial charge in [0.05, 0.1) is 19.9 Å². The van der Waals surface area contributed by atoms with Crippen molar-refractivity contribution < 1.29 is 28.6 Å². The number of ether oxygens (including phenoxy) is 2. The van der Waals surface area contributed by atoms with Gasteiger partial charge in [-0.15, -0.1) is 0 Å². The molecule has 0 spiro atoms. The quantitative estimate of drug-likeness (QED) is 0.285. The largest absolute Gasteiger partial charge is 0.497 e. The maximum Gasteiger partial charge on any atom is 0.328 e. The predicted octanol–water partition coefficient (Wildman–Crippen LogP) is 1.63. The van der Waals surface area contributed by atoms with Crippen LogP contribution in [0.15, 0.2) is 57.0 Å². The van der Waals surface area contributed by atoms with Crippen molar-refractivity contribution in [3.05, 3.63) is 80.2 Å². The number of carbonyl (C=O) groups is 2. The first-order valence-corrected chi connectivity index (χ1v) is 11.9. The monoisotopic (exact) mass is 543 g/mol. The summed E-state index contributed by atoms with van der Waals surface area (Å²) in [6.45, 7) is 0. The maximum atomic E-state index is 13.9. The molecule has 38 heavy (non-hydrogen) atoms. The maximum absolute atomic E-state index is 13.9. The van der Waals surface area contributed by atoms with Crippen LogP contribution in [0.3, 0.4) is 0 Å². The Morgan fingerprint density at radius 2 is 1.92 bits per heavy atom. The average Bonchev–Trinajstić information content (AvgIpc) is 3.21. The van der Waals surface area contributed by atoms with Gasteiger partial charge in [0.15, 0.2) is 5.17 Å². The van der Waals surface area contributed by atoms with Crippen molar-refractivity contribution in [3.63, 3.8) is 0 Å². The molecule has 4 rings (SSSR count). The number of anilines is 1. The molecule has 1 fully saturated rings. The molecule has 1 aliphatic heterocycles. The Labute approximate surface area is 218 Å².